The van der Waals surface area contributed by atoms with Crippen molar-refractivity contribution < 1.29 is 9.22 Å². The molecule has 3 rings (SSSR count). The molecule has 1 saturated carbocycles. The third-order valence-corrected chi connectivity index (χ3v) is 8.33. The van der Waals surface area contributed by atoms with Gasteiger partial charge in [-0.25, -0.2) is 0 Å². The van der Waals surface area contributed by atoms with Crippen molar-refractivity contribution in [2.75, 3.05) is 0 Å². The summed E-state index contributed by atoms with van der Waals surface area (Å²) in [7, 11) is -1.90. The standard InChI is InChI=1S/C24H32O2Si/c1-23(2,3)22(24(19-25)17-11-6-12-18-24)26-27(20-13-7-4-8-14-20)21-15-9-5-10-16-21/h4-5,7-10,13-16,19,22,27H,6,11-12,17-18H2,1-3H3. The van der Waals surface area contributed by atoms with E-state index in [0.29, 0.717) is 0 Å². The van der Waals surface area contributed by atoms with E-state index in [-0.39, 0.29) is 16.9 Å². The van der Waals surface area contributed by atoms with Gasteiger partial charge >= 0.3 is 0 Å². The van der Waals surface area contributed by atoms with E-state index in [9.17, 15) is 4.79 Å². The number of hydrogen-bond acceptors (Lipinski definition) is 2. The summed E-state index contributed by atoms with van der Waals surface area (Å²) < 4.78 is 7.03. The molecule has 1 aliphatic carbocycles. The number of rotatable bonds is 6. The molecule has 1 unspecified atom stereocenters. The lowest BCUT2D eigenvalue weighted by Crippen LogP contribution is -2.56. The van der Waals surface area contributed by atoms with Gasteiger partial charge in [0.25, 0.3) is 0 Å². The van der Waals surface area contributed by atoms with Crippen molar-refractivity contribution >= 4 is 25.7 Å². The summed E-state index contributed by atoms with van der Waals surface area (Å²) >= 11 is 0. The van der Waals surface area contributed by atoms with Crippen LogP contribution in [0, 0.1) is 10.8 Å². The summed E-state index contributed by atoms with van der Waals surface area (Å²) in [6, 6.07) is 21.2. The van der Waals surface area contributed by atoms with Gasteiger partial charge in [0, 0.05) is 0 Å². The Kier molecular flexibility index (Phi) is 6.33. The summed E-state index contributed by atoms with van der Waals surface area (Å²) in [6.45, 7) is 6.66. The molecule has 1 atom stereocenters. The van der Waals surface area contributed by atoms with E-state index in [0.717, 1.165) is 25.7 Å². The fourth-order valence-corrected chi connectivity index (χ4v) is 7.39. The van der Waals surface area contributed by atoms with Crippen molar-refractivity contribution in [2.45, 2.75) is 59.0 Å². The van der Waals surface area contributed by atoms with Gasteiger partial charge in [-0.1, -0.05) is 101 Å². The van der Waals surface area contributed by atoms with E-state index in [1.807, 2.05) is 0 Å². The largest absolute Gasteiger partial charge is 0.406 e. The molecule has 0 saturated heterocycles. The Labute approximate surface area is 165 Å². The third kappa shape index (κ3) is 4.59. The number of benzene rings is 2. The number of carbonyl (C=O) groups excluding carboxylic acids is 1. The van der Waals surface area contributed by atoms with Crippen LogP contribution >= 0.6 is 0 Å². The maximum absolute atomic E-state index is 12.4. The van der Waals surface area contributed by atoms with Crippen molar-refractivity contribution in [1.82, 2.24) is 0 Å². The summed E-state index contributed by atoms with van der Waals surface area (Å²) in [5, 5.41) is 2.55. The quantitative estimate of drug-likeness (QED) is 0.557. The second-order valence-electron chi connectivity index (χ2n) is 9.00. The van der Waals surface area contributed by atoms with Gasteiger partial charge < -0.3 is 9.22 Å². The Balaban J connectivity index is 2.01. The van der Waals surface area contributed by atoms with Crippen molar-refractivity contribution in [3.05, 3.63) is 60.7 Å². The van der Waals surface area contributed by atoms with Crippen LogP contribution in [0.15, 0.2) is 60.7 Å². The second kappa shape index (κ2) is 8.53. The molecule has 0 radical (unpaired) electrons. The molecule has 0 spiro atoms. The minimum absolute atomic E-state index is 0.0696. The highest BCUT2D eigenvalue weighted by atomic mass is 28.3. The number of hydrogen-bond donors (Lipinski definition) is 0. The van der Waals surface area contributed by atoms with Gasteiger partial charge in [0.1, 0.15) is 6.29 Å². The van der Waals surface area contributed by atoms with Gasteiger partial charge in [-0.2, -0.15) is 0 Å². The van der Waals surface area contributed by atoms with Crippen LogP contribution in [-0.4, -0.2) is 21.4 Å². The zero-order chi connectivity index (χ0) is 19.3. The first-order valence-electron chi connectivity index (χ1n) is 10.2. The van der Waals surface area contributed by atoms with E-state index in [1.54, 1.807) is 0 Å². The molecule has 1 aliphatic rings. The van der Waals surface area contributed by atoms with Gasteiger partial charge in [0.15, 0.2) is 0 Å². The van der Waals surface area contributed by atoms with Gasteiger partial charge in [0.05, 0.1) is 11.5 Å². The molecule has 0 N–H and O–H groups in total. The Morgan fingerprint density at radius 1 is 0.889 bits per heavy atom. The zero-order valence-corrected chi connectivity index (χ0v) is 18.0. The molecule has 2 aromatic carbocycles. The highest BCUT2D eigenvalue weighted by molar-refractivity contribution is 6.80. The molecule has 3 heteroatoms. The molecule has 0 amide bonds. The first-order valence-corrected chi connectivity index (χ1v) is 11.8. The topological polar surface area (TPSA) is 26.3 Å². The number of carbonyl (C=O) groups is 1. The molecular weight excluding hydrogens is 348 g/mol. The Hall–Kier alpha value is -1.71. The Morgan fingerprint density at radius 2 is 1.37 bits per heavy atom. The van der Waals surface area contributed by atoms with E-state index in [2.05, 4.69) is 81.4 Å². The first kappa shape index (κ1) is 20.0. The van der Waals surface area contributed by atoms with Crippen LogP contribution in [-0.2, 0) is 9.22 Å². The lowest BCUT2D eigenvalue weighted by Gasteiger charge is -2.47. The maximum atomic E-state index is 12.4. The monoisotopic (exact) mass is 380 g/mol. The summed E-state index contributed by atoms with van der Waals surface area (Å²) in [4.78, 5) is 12.4. The molecule has 0 heterocycles. The van der Waals surface area contributed by atoms with Crippen LogP contribution in [0.4, 0.5) is 0 Å². The molecular formula is C24H32O2Si. The van der Waals surface area contributed by atoms with Gasteiger partial charge in [0.2, 0.25) is 9.04 Å². The molecule has 0 aliphatic heterocycles. The lowest BCUT2D eigenvalue weighted by molar-refractivity contribution is -0.130. The Morgan fingerprint density at radius 3 is 1.78 bits per heavy atom. The first-order chi connectivity index (χ1) is 13.0. The lowest BCUT2D eigenvalue weighted by atomic mass is 9.64. The summed E-state index contributed by atoms with van der Waals surface area (Å²) in [6.07, 6.45) is 6.52. The van der Waals surface area contributed by atoms with Gasteiger partial charge in [-0.05, 0) is 28.6 Å². The summed E-state index contributed by atoms with van der Waals surface area (Å²) in [5.41, 5.74) is -0.446. The van der Waals surface area contributed by atoms with Crippen molar-refractivity contribution in [2.24, 2.45) is 10.8 Å². The van der Waals surface area contributed by atoms with Crippen LogP contribution in [0.25, 0.3) is 0 Å². The average molecular weight is 381 g/mol. The van der Waals surface area contributed by atoms with Crippen LogP contribution in [0.3, 0.4) is 0 Å². The molecule has 0 aromatic heterocycles. The van der Waals surface area contributed by atoms with E-state index >= 15 is 0 Å². The summed E-state index contributed by atoms with van der Waals surface area (Å²) in [5.74, 6) is 0. The fraction of sp³-hybridized carbons (Fsp3) is 0.458. The van der Waals surface area contributed by atoms with Crippen LogP contribution in [0.5, 0.6) is 0 Å². The van der Waals surface area contributed by atoms with E-state index in [4.69, 9.17) is 4.43 Å². The zero-order valence-electron chi connectivity index (χ0n) is 16.9. The molecule has 144 valence electrons. The van der Waals surface area contributed by atoms with E-state index < -0.39 is 9.04 Å². The molecule has 2 nitrogen and oxygen atoms in total. The van der Waals surface area contributed by atoms with Gasteiger partial charge in [-0.3, -0.25) is 0 Å². The molecule has 1 fully saturated rings. The molecule has 2 aromatic rings. The fourth-order valence-electron chi connectivity index (χ4n) is 4.60. The SMILES string of the molecule is CC(C)(C)C(O[SiH](c1ccccc1)c1ccccc1)C1(C=O)CCCCC1. The maximum Gasteiger partial charge on any atom is 0.240 e. The minimum Gasteiger partial charge on any atom is -0.406 e. The van der Waals surface area contributed by atoms with Crippen molar-refractivity contribution in [3.8, 4) is 0 Å². The molecule has 0 bridgehead atoms. The molecule has 27 heavy (non-hydrogen) atoms. The third-order valence-electron chi connectivity index (χ3n) is 5.80. The highest BCUT2D eigenvalue weighted by Gasteiger charge is 2.47. The van der Waals surface area contributed by atoms with Gasteiger partial charge in [-0.15, -0.1) is 0 Å². The average Bonchev–Trinajstić information content (AvgIpc) is 2.69. The number of aldehydes is 1. The minimum atomic E-state index is -1.90. The van der Waals surface area contributed by atoms with Crippen LogP contribution < -0.4 is 10.4 Å². The Bertz CT molecular complexity index is 676. The van der Waals surface area contributed by atoms with Crippen LogP contribution in [0.2, 0.25) is 0 Å². The van der Waals surface area contributed by atoms with Crippen molar-refractivity contribution in [1.29, 1.82) is 0 Å². The highest BCUT2D eigenvalue weighted by Crippen LogP contribution is 2.45. The smallest absolute Gasteiger partial charge is 0.240 e. The predicted octanol–water partition coefficient (Wildman–Crippen LogP) is 4.11. The second-order valence-corrected chi connectivity index (χ2v) is 11.4. The van der Waals surface area contributed by atoms with Crippen molar-refractivity contribution in [3.63, 3.8) is 0 Å². The predicted molar refractivity (Wildman–Crippen MR) is 115 cm³/mol. The van der Waals surface area contributed by atoms with E-state index in [1.165, 1.54) is 23.1 Å². The normalized spacial score (nSPS) is 18.2. The van der Waals surface area contributed by atoms with Crippen LogP contribution in [0.1, 0.15) is 52.9 Å².